The monoisotopic (exact) mass is 315 g/mol. The van der Waals surface area contributed by atoms with E-state index in [4.69, 9.17) is 5.73 Å². The number of amides is 1. The average molecular weight is 315 g/mol. The Labute approximate surface area is 139 Å². The number of rotatable bonds is 6. The summed E-state index contributed by atoms with van der Waals surface area (Å²) >= 11 is 0. The third-order valence-corrected chi connectivity index (χ3v) is 5.43. The molecule has 1 amide bonds. The van der Waals surface area contributed by atoms with Crippen LogP contribution in [0.3, 0.4) is 0 Å². The molecule has 2 fully saturated rings. The first kappa shape index (κ1) is 16.5. The number of carbonyl (C=O) groups excluding carboxylic acids is 1. The van der Waals surface area contributed by atoms with Crippen molar-refractivity contribution >= 4 is 5.91 Å². The Morgan fingerprint density at radius 1 is 1.26 bits per heavy atom. The Morgan fingerprint density at radius 3 is 2.74 bits per heavy atom. The molecule has 1 aliphatic carbocycles. The second-order valence-corrected chi connectivity index (χ2v) is 7.26. The van der Waals surface area contributed by atoms with Gasteiger partial charge in [-0.15, -0.1) is 0 Å². The van der Waals surface area contributed by atoms with Gasteiger partial charge in [0.25, 0.3) is 0 Å². The summed E-state index contributed by atoms with van der Waals surface area (Å²) in [4.78, 5) is 14.8. The fraction of sp³-hybridized carbons (Fsp3) is 0.632. The molecule has 23 heavy (non-hydrogen) atoms. The van der Waals surface area contributed by atoms with E-state index in [-0.39, 0.29) is 5.91 Å². The van der Waals surface area contributed by atoms with Crippen molar-refractivity contribution in [2.75, 3.05) is 26.2 Å². The van der Waals surface area contributed by atoms with Crippen molar-refractivity contribution in [2.24, 2.45) is 11.7 Å². The maximum Gasteiger partial charge on any atom is 0.240 e. The number of nitrogens with two attached hydrogens (primary N) is 1. The summed E-state index contributed by atoms with van der Waals surface area (Å²) in [6.45, 7) is 4.11. The zero-order chi connectivity index (χ0) is 16.1. The molecule has 1 atom stereocenters. The van der Waals surface area contributed by atoms with E-state index in [9.17, 15) is 4.79 Å². The molecule has 1 aromatic carbocycles. The molecule has 126 valence electrons. The highest BCUT2D eigenvalue weighted by Gasteiger charge is 2.37. The quantitative estimate of drug-likeness (QED) is 0.843. The smallest absolute Gasteiger partial charge is 0.240 e. The molecule has 4 heteroatoms. The van der Waals surface area contributed by atoms with E-state index in [1.165, 1.54) is 12.0 Å². The van der Waals surface area contributed by atoms with Gasteiger partial charge in [0, 0.05) is 19.6 Å². The minimum absolute atomic E-state index is 0.0673. The van der Waals surface area contributed by atoms with Crippen molar-refractivity contribution in [1.82, 2.24) is 10.2 Å². The molecule has 4 nitrogen and oxygen atoms in total. The molecule has 1 heterocycles. The summed E-state index contributed by atoms with van der Waals surface area (Å²) in [5.74, 6) is 0.637. The highest BCUT2D eigenvalue weighted by Crippen LogP contribution is 2.27. The van der Waals surface area contributed by atoms with Crippen molar-refractivity contribution in [2.45, 2.75) is 44.1 Å². The first-order valence-corrected chi connectivity index (χ1v) is 8.99. The van der Waals surface area contributed by atoms with Gasteiger partial charge in [0.1, 0.15) is 0 Å². The minimum Gasteiger partial charge on any atom is -0.354 e. The van der Waals surface area contributed by atoms with Crippen LogP contribution in [-0.2, 0) is 11.2 Å². The number of carbonyl (C=O) groups is 1. The van der Waals surface area contributed by atoms with Crippen molar-refractivity contribution in [3.63, 3.8) is 0 Å². The number of nitrogens with zero attached hydrogens (tertiary/aromatic N) is 1. The summed E-state index contributed by atoms with van der Waals surface area (Å²) in [6.07, 6.45) is 6.12. The molecular formula is C19H29N3O. The van der Waals surface area contributed by atoms with Gasteiger partial charge in [0.05, 0.1) is 5.54 Å². The standard InChI is InChI=1S/C19H29N3O/c20-19(10-4-5-11-19)18(23)21-14-17-9-13-22(15-17)12-8-16-6-2-1-3-7-16/h1-3,6-7,17H,4-5,8-15,20H2,(H,21,23). The van der Waals surface area contributed by atoms with Crippen molar-refractivity contribution in [1.29, 1.82) is 0 Å². The van der Waals surface area contributed by atoms with E-state index in [1.54, 1.807) is 0 Å². The summed E-state index contributed by atoms with van der Waals surface area (Å²) in [5.41, 5.74) is 7.01. The molecule has 1 aromatic rings. The predicted octanol–water partition coefficient (Wildman–Crippen LogP) is 1.94. The molecule has 0 radical (unpaired) electrons. The lowest BCUT2D eigenvalue weighted by atomic mass is 9.97. The summed E-state index contributed by atoms with van der Waals surface area (Å²) in [7, 11) is 0. The number of nitrogens with one attached hydrogen (secondary N) is 1. The molecule has 1 aliphatic heterocycles. The Bertz CT molecular complexity index is 511. The van der Waals surface area contributed by atoms with Gasteiger partial charge >= 0.3 is 0 Å². The summed E-state index contributed by atoms with van der Waals surface area (Å²) < 4.78 is 0. The van der Waals surface area contributed by atoms with Crippen LogP contribution in [0.4, 0.5) is 0 Å². The summed E-state index contributed by atoms with van der Waals surface area (Å²) in [5, 5.41) is 3.11. The fourth-order valence-corrected chi connectivity index (χ4v) is 3.86. The highest BCUT2D eigenvalue weighted by atomic mass is 16.2. The van der Waals surface area contributed by atoms with E-state index in [0.717, 1.165) is 58.3 Å². The van der Waals surface area contributed by atoms with Crippen LogP contribution >= 0.6 is 0 Å². The number of likely N-dealkylation sites (tertiary alicyclic amines) is 1. The first-order chi connectivity index (χ1) is 11.2. The van der Waals surface area contributed by atoms with Gasteiger partial charge in [0.15, 0.2) is 0 Å². The lowest BCUT2D eigenvalue weighted by molar-refractivity contribution is -0.126. The topological polar surface area (TPSA) is 58.4 Å². The largest absolute Gasteiger partial charge is 0.354 e. The number of benzene rings is 1. The molecule has 0 aromatic heterocycles. The van der Waals surface area contributed by atoms with Crippen LogP contribution in [0, 0.1) is 5.92 Å². The van der Waals surface area contributed by atoms with Crippen LogP contribution in [0.15, 0.2) is 30.3 Å². The molecular weight excluding hydrogens is 286 g/mol. The maximum absolute atomic E-state index is 12.3. The van der Waals surface area contributed by atoms with E-state index in [1.807, 2.05) is 0 Å². The fourth-order valence-electron chi connectivity index (χ4n) is 3.86. The third kappa shape index (κ3) is 4.33. The van der Waals surface area contributed by atoms with Crippen LogP contribution in [0.1, 0.15) is 37.7 Å². The van der Waals surface area contributed by atoms with Crippen LogP contribution in [0.2, 0.25) is 0 Å². The van der Waals surface area contributed by atoms with Crippen LogP contribution in [0.5, 0.6) is 0 Å². The Morgan fingerprint density at radius 2 is 2.00 bits per heavy atom. The first-order valence-electron chi connectivity index (χ1n) is 8.99. The predicted molar refractivity (Wildman–Crippen MR) is 93.1 cm³/mol. The Kier molecular flexibility index (Phi) is 5.34. The molecule has 1 unspecified atom stereocenters. The number of hydrogen-bond acceptors (Lipinski definition) is 3. The molecule has 0 bridgehead atoms. The van der Waals surface area contributed by atoms with Crippen LogP contribution < -0.4 is 11.1 Å². The summed E-state index contributed by atoms with van der Waals surface area (Å²) in [6, 6.07) is 10.6. The Hall–Kier alpha value is -1.39. The molecule has 3 N–H and O–H groups in total. The van der Waals surface area contributed by atoms with Crippen molar-refractivity contribution in [3.8, 4) is 0 Å². The van der Waals surface area contributed by atoms with Gasteiger partial charge in [-0.1, -0.05) is 43.2 Å². The van der Waals surface area contributed by atoms with Gasteiger partial charge in [-0.2, -0.15) is 0 Å². The highest BCUT2D eigenvalue weighted by molar-refractivity contribution is 5.86. The third-order valence-electron chi connectivity index (χ3n) is 5.43. The zero-order valence-corrected chi connectivity index (χ0v) is 14.0. The Balaban J connectivity index is 1.37. The second-order valence-electron chi connectivity index (χ2n) is 7.26. The van der Waals surface area contributed by atoms with Gasteiger partial charge in [0.2, 0.25) is 5.91 Å². The zero-order valence-electron chi connectivity index (χ0n) is 14.0. The van der Waals surface area contributed by atoms with E-state index >= 15 is 0 Å². The molecule has 1 saturated carbocycles. The second kappa shape index (κ2) is 7.45. The molecule has 1 saturated heterocycles. The maximum atomic E-state index is 12.3. The number of hydrogen-bond donors (Lipinski definition) is 2. The van der Waals surface area contributed by atoms with Gasteiger partial charge < -0.3 is 16.0 Å². The van der Waals surface area contributed by atoms with Gasteiger partial charge in [-0.3, -0.25) is 4.79 Å². The minimum atomic E-state index is -0.592. The van der Waals surface area contributed by atoms with Crippen molar-refractivity contribution in [3.05, 3.63) is 35.9 Å². The van der Waals surface area contributed by atoms with E-state index < -0.39 is 5.54 Å². The van der Waals surface area contributed by atoms with Gasteiger partial charge in [-0.25, -0.2) is 0 Å². The van der Waals surface area contributed by atoms with E-state index in [2.05, 4.69) is 40.5 Å². The van der Waals surface area contributed by atoms with Crippen LogP contribution in [0.25, 0.3) is 0 Å². The molecule has 3 rings (SSSR count). The van der Waals surface area contributed by atoms with Crippen LogP contribution in [-0.4, -0.2) is 42.5 Å². The average Bonchev–Trinajstić information content (AvgIpc) is 3.21. The molecule has 0 spiro atoms. The lowest BCUT2D eigenvalue weighted by Gasteiger charge is -2.23. The normalized spacial score (nSPS) is 24.0. The lowest BCUT2D eigenvalue weighted by Crippen LogP contribution is -2.52. The SMILES string of the molecule is NC1(C(=O)NCC2CCN(CCc3ccccc3)C2)CCCC1. The van der Waals surface area contributed by atoms with Crippen molar-refractivity contribution < 1.29 is 4.79 Å². The van der Waals surface area contributed by atoms with Gasteiger partial charge in [-0.05, 0) is 43.7 Å². The molecule has 2 aliphatic rings. The van der Waals surface area contributed by atoms with E-state index in [0.29, 0.717) is 5.92 Å².